The van der Waals surface area contributed by atoms with E-state index in [1.807, 2.05) is 48.5 Å². The molecule has 26 heavy (non-hydrogen) atoms. The highest BCUT2D eigenvalue weighted by Gasteiger charge is 2.29. The first-order valence-corrected chi connectivity index (χ1v) is 9.12. The Morgan fingerprint density at radius 1 is 0.962 bits per heavy atom. The summed E-state index contributed by atoms with van der Waals surface area (Å²) in [5, 5.41) is 11.5. The van der Waals surface area contributed by atoms with E-state index in [1.54, 1.807) is 14.2 Å². The number of methoxy groups -OCH3 is 2. The second-order valence-electron chi connectivity index (χ2n) is 6.98. The lowest BCUT2D eigenvalue weighted by atomic mass is 9.83. The van der Waals surface area contributed by atoms with Gasteiger partial charge in [0.1, 0.15) is 11.5 Å². The molecule has 0 bridgehead atoms. The predicted octanol–water partition coefficient (Wildman–Crippen LogP) is 3.87. The minimum Gasteiger partial charge on any atom is -0.497 e. The molecule has 0 saturated heterocycles. The van der Waals surface area contributed by atoms with Crippen molar-refractivity contribution < 1.29 is 14.6 Å². The summed E-state index contributed by atoms with van der Waals surface area (Å²) in [6.45, 7) is 0.956. The van der Waals surface area contributed by atoms with Gasteiger partial charge in [0.15, 0.2) is 0 Å². The fraction of sp³-hybridized carbons (Fsp3) is 0.455. The van der Waals surface area contributed by atoms with E-state index in [0.717, 1.165) is 42.0 Å². The van der Waals surface area contributed by atoms with Gasteiger partial charge in [-0.25, -0.2) is 0 Å². The Kier molecular flexibility index (Phi) is 7.49. The van der Waals surface area contributed by atoms with Crippen molar-refractivity contribution in [1.82, 2.24) is 4.90 Å². The van der Waals surface area contributed by atoms with E-state index in [1.165, 1.54) is 0 Å². The van der Waals surface area contributed by atoms with Gasteiger partial charge in [0.25, 0.3) is 0 Å². The van der Waals surface area contributed by atoms with Gasteiger partial charge in [-0.15, -0.1) is 0 Å². The monoisotopic (exact) mass is 357 g/mol. The van der Waals surface area contributed by atoms with Crippen LogP contribution in [0.4, 0.5) is 0 Å². The average Bonchev–Trinajstić information content (AvgIpc) is 2.66. The molecule has 0 amide bonds. The number of rotatable bonds is 10. The minimum atomic E-state index is -0.856. The number of benzene rings is 2. The van der Waals surface area contributed by atoms with Crippen molar-refractivity contribution >= 4 is 0 Å². The summed E-state index contributed by atoms with van der Waals surface area (Å²) in [6, 6.07) is 15.8. The van der Waals surface area contributed by atoms with Gasteiger partial charge >= 0.3 is 0 Å². The van der Waals surface area contributed by atoms with E-state index in [9.17, 15) is 5.11 Å². The molecule has 2 aromatic carbocycles. The van der Waals surface area contributed by atoms with Crippen molar-refractivity contribution in [3.63, 3.8) is 0 Å². The van der Waals surface area contributed by atoms with Crippen molar-refractivity contribution in [1.29, 1.82) is 0 Å². The average molecular weight is 357 g/mol. The van der Waals surface area contributed by atoms with Gasteiger partial charge in [-0.1, -0.05) is 30.3 Å². The summed E-state index contributed by atoms with van der Waals surface area (Å²) in [5.41, 5.74) is 1.17. The van der Waals surface area contributed by atoms with Crippen LogP contribution in [-0.4, -0.2) is 44.9 Å². The van der Waals surface area contributed by atoms with Crippen LogP contribution in [0, 0.1) is 0 Å². The molecule has 1 N–H and O–H groups in total. The maximum Gasteiger partial charge on any atom is 0.122 e. The quantitative estimate of drug-likeness (QED) is 0.701. The molecule has 0 aromatic heterocycles. The molecule has 0 heterocycles. The Morgan fingerprint density at radius 2 is 1.69 bits per heavy atom. The number of hydrogen-bond acceptors (Lipinski definition) is 4. The molecule has 0 radical (unpaired) electrons. The number of hydrogen-bond donors (Lipinski definition) is 1. The molecule has 0 aliphatic rings. The maximum atomic E-state index is 11.5. The molecule has 142 valence electrons. The first-order chi connectivity index (χ1) is 12.5. The van der Waals surface area contributed by atoms with E-state index >= 15 is 0 Å². The van der Waals surface area contributed by atoms with E-state index in [-0.39, 0.29) is 0 Å². The largest absolute Gasteiger partial charge is 0.497 e. The molecule has 1 unspecified atom stereocenters. The highest BCUT2D eigenvalue weighted by molar-refractivity contribution is 5.40. The highest BCUT2D eigenvalue weighted by atomic mass is 16.5. The van der Waals surface area contributed by atoms with Crippen LogP contribution in [0.2, 0.25) is 0 Å². The second kappa shape index (κ2) is 9.60. The Bertz CT molecular complexity index is 672. The zero-order valence-corrected chi connectivity index (χ0v) is 16.4. The van der Waals surface area contributed by atoms with Gasteiger partial charge in [0.05, 0.1) is 19.8 Å². The third-order valence-electron chi connectivity index (χ3n) is 4.80. The van der Waals surface area contributed by atoms with Gasteiger partial charge in [-0.05, 0) is 75.6 Å². The second-order valence-corrected chi connectivity index (χ2v) is 6.98. The summed E-state index contributed by atoms with van der Waals surface area (Å²) < 4.78 is 10.8. The first-order valence-electron chi connectivity index (χ1n) is 9.12. The summed E-state index contributed by atoms with van der Waals surface area (Å²) in [4.78, 5) is 2.15. The fourth-order valence-electron chi connectivity index (χ4n) is 3.27. The Morgan fingerprint density at radius 3 is 2.31 bits per heavy atom. The third kappa shape index (κ3) is 5.48. The van der Waals surface area contributed by atoms with Crippen molar-refractivity contribution in [2.45, 2.75) is 31.3 Å². The Labute approximate surface area is 157 Å². The topological polar surface area (TPSA) is 41.9 Å². The Hall–Kier alpha value is -2.04. The van der Waals surface area contributed by atoms with Gasteiger partial charge in [0, 0.05) is 0 Å². The summed E-state index contributed by atoms with van der Waals surface area (Å²) in [6.07, 6.45) is 3.01. The van der Waals surface area contributed by atoms with Crippen LogP contribution in [0.25, 0.3) is 0 Å². The lowest BCUT2D eigenvalue weighted by molar-refractivity contribution is 0.0151. The third-order valence-corrected chi connectivity index (χ3v) is 4.80. The molecule has 0 aliphatic carbocycles. The van der Waals surface area contributed by atoms with Crippen molar-refractivity contribution in [3.8, 4) is 11.5 Å². The fourth-order valence-corrected chi connectivity index (χ4v) is 3.27. The highest BCUT2D eigenvalue weighted by Crippen LogP contribution is 2.34. The van der Waals surface area contributed by atoms with Crippen LogP contribution in [0.3, 0.4) is 0 Å². The van der Waals surface area contributed by atoms with Crippen molar-refractivity contribution in [3.05, 3.63) is 59.7 Å². The summed E-state index contributed by atoms with van der Waals surface area (Å²) in [7, 11) is 7.45. The van der Waals surface area contributed by atoms with E-state index in [2.05, 4.69) is 19.0 Å². The van der Waals surface area contributed by atoms with Crippen LogP contribution in [-0.2, 0) is 12.0 Å². The van der Waals surface area contributed by atoms with E-state index in [4.69, 9.17) is 9.47 Å². The number of aryl methyl sites for hydroxylation is 1. The van der Waals surface area contributed by atoms with Crippen LogP contribution in [0.1, 0.15) is 30.4 Å². The normalized spacial score (nSPS) is 13.5. The lowest BCUT2D eigenvalue weighted by Crippen LogP contribution is -2.28. The van der Waals surface area contributed by atoms with Crippen LogP contribution < -0.4 is 9.47 Å². The molecular formula is C22H31NO3. The standard InChI is InChI=1S/C22H31NO3/c1-23(2)16-8-14-22(24,19-9-6-5-7-10-19)15-13-18-17-20(25-3)11-12-21(18)26-4/h5-7,9-12,17,24H,8,13-16H2,1-4H3. The molecule has 0 fully saturated rings. The molecule has 0 aliphatic heterocycles. The van der Waals surface area contributed by atoms with Crippen LogP contribution in [0.15, 0.2) is 48.5 Å². The minimum absolute atomic E-state index is 0.633. The SMILES string of the molecule is COc1ccc(OC)c(CCC(O)(CCCN(C)C)c2ccccc2)c1. The molecule has 2 aromatic rings. The molecular weight excluding hydrogens is 326 g/mol. The van der Waals surface area contributed by atoms with Gasteiger partial charge in [-0.2, -0.15) is 0 Å². The van der Waals surface area contributed by atoms with E-state index in [0.29, 0.717) is 12.8 Å². The number of aliphatic hydroxyl groups is 1. The smallest absolute Gasteiger partial charge is 0.122 e. The number of ether oxygens (including phenoxy) is 2. The van der Waals surface area contributed by atoms with Crippen molar-refractivity contribution in [2.75, 3.05) is 34.9 Å². The molecule has 4 heteroatoms. The first kappa shape index (κ1) is 20.3. The van der Waals surface area contributed by atoms with Crippen LogP contribution >= 0.6 is 0 Å². The van der Waals surface area contributed by atoms with Gasteiger partial charge in [0.2, 0.25) is 0 Å². The van der Waals surface area contributed by atoms with Crippen LogP contribution in [0.5, 0.6) is 11.5 Å². The lowest BCUT2D eigenvalue weighted by Gasteiger charge is -2.30. The van der Waals surface area contributed by atoms with Gasteiger partial charge < -0.3 is 19.5 Å². The summed E-state index contributed by atoms with van der Waals surface area (Å²) in [5.74, 6) is 1.63. The van der Waals surface area contributed by atoms with Gasteiger partial charge in [-0.3, -0.25) is 0 Å². The summed E-state index contributed by atoms with van der Waals surface area (Å²) >= 11 is 0. The predicted molar refractivity (Wildman–Crippen MR) is 106 cm³/mol. The molecule has 2 rings (SSSR count). The molecule has 1 atom stereocenters. The Balaban J connectivity index is 2.19. The maximum absolute atomic E-state index is 11.5. The number of nitrogens with zero attached hydrogens (tertiary/aromatic N) is 1. The van der Waals surface area contributed by atoms with Crippen molar-refractivity contribution in [2.24, 2.45) is 0 Å². The molecule has 0 saturated carbocycles. The zero-order chi connectivity index (χ0) is 19.0. The zero-order valence-electron chi connectivity index (χ0n) is 16.4. The molecule has 0 spiro atoms. The van der Waals surface area contributed by atoms with E-state index < -0.39 is 5.60 Å². The molecule has 4 nitrogen and oxygen atoms in total.